The lowest BCUT2D eigenvalue weighted by molar-refractivity contribution is -0.118. The molecule has 4 nitrogen and oxygen atoms in total. The third-order valence-corrected chi connectivity index (χ3v) is 3.69. The molecule has 0 bridgehead atoms. The molecule has 0 aliphatic carbocycles. The van der Waals surface area contributed by atoms with Gasteiger partial charge in [-0.3, -0.25) is 9.59 Å². The smallest absolute Gasteiger partial charge is 0.216 e. The summed E-state index contributed by atoms with van der Waals surface area (Å²) in [5.74, 6) is 0.473. The van der Waals surface area contributed by atoms with E-state index in [4.69, 9.17) is 16.3 Å². The first kappa shape index (κ1) is 18.0. The molecule has 2 aromatic carbocycles. The number of hydrogen-bond donors (Lipinski definition) is 1. The fourth-order valence-electron chi connectivity index (χ4n) is 2.20. The molecule has 24 heavy (non-hydrogen) atoms. The summed E-state index contributed by atoms with van der Waals surface area (Å²) in [5, 5.41) is 3.34. The molecule has 0 saturated carbocycles. The molecule has 0 atom stereocenters. The van der Waals surface area contributed by atoms with E-state index in [9.17, 15) is 9.59 Å². The average molecular weight is 346 g/mol. The van der Waals surface area contributed by atoms with Gasteiger partial charge >= 0.3 is 0 Å². The third kappa shape index (κ3) is 6.05. The van der Waals surface area contributed by atoms with Crippen LogP contribution in [0.1, 0.15) is 29.3 Å². The van der Waals surface area contributed by atoms with Gasteiger partial charge in [0.2, 0.25) is 5.91 Å². The van der Waals surface area contributed by atoms with Gasteiger partial charge in [0.1, 0.15) is 5.75 Å². The number of ether oxygens (including phenoxy) is 1. The van der Waals surface area contributed by atoms with Crippen LogP contribution in [0.5, 0.6) is 5.75 Å². The van der Waals surface area contributed by atoms with Gasteiger partial charge in [0.05, 0.1) is 0 Å². The molecule has 0 heterocycles. The summed E-state index contributed by atoms with van der Waals surface area (Å²) < 4.78 is 5.46. The van der Waals surface area contributed by atoms with Gasteiger partial charge in [-0.2, -0.15) is 0 Å². The topological polar surface area (TPSA) is 55.4 Å². The van der Waals surface area contributed by atoms with Crippen molar-refractivity contribution in [3.05, 3.63) is 64.7 Å². The van der Waals surface area contributed by atoms with Crippen LogP contribution in [0.2, 0.25) is 5.02 Å². The van der Waals surface area contributed by atoms with Crippen LogP contribution in [0.25, 0.3) is 0 Å². The quantitative estimate of drug-likeness (QED) is 0.586. The van der Waals surface area contributed by atoms with Crippen molar-refractivity contribution >= 4 is 23.3 Å². The van der Waals surface area contributed by atoms with E-state index in [0.717, 1.165) is 18.4 Å². The first-order chi connectivity index (χ1) is 11.5. The second kappa shape index (κ2) is 9.08. The molecule has 0 aliphatic heterocycles. The fourth-order valence-corrected chi connectivity index (χ4v) is 2.38. The molecule has 0 aromatic heterocycles. The molecule has 0 radical (unpaired) electrons. The van der Waals surface area contributed by atoms with E-state index in [0.29, 0.717) is 22.9 Å². The van der Waals surface area contributed by atoms with Crippen molar-refractivity contribution in [1.82, 2.24) is 5.32 Å². The van der Waals surface area contributed by atoms with Gasteiger partial charge in [-0.05, 0) is 36.6 Å². The van der Waals surface area contributed by atoms with E-state index in [1.54, 1.807) is 36.4 Å². The number of nitrogens with one attached hydrogen (secondary N) is 1. The molecule has 2 rings (SSSR count). The first-order valence-corrected chi connectivity index (χ1v) is 8.17. The Hall–Kier alpha value is -2.33. The molecular formula is C19H20ClNO3. The summed E-state index contributed by atoms with van der Waals surface area (Å²) >= 11 is 5.88. The molecule has 0 fully saturated rings. The molecule has 126 valence electrons. The van der Waals surface area contributed by atoms with E-state index in [1.165, 1.54) is 6.92 Å². The average Bonchev–Trinajstić information content (AvgIpc) is 2.57. The maximum atomic E-state index is 12.1. The van der Waals surface area contributed by atoms with Gasteiger partial charge in [-0.1, -0.05) is 41.9 Å². The molecule has 1 N–H and O–H groups in total. The SMILES string of the molecule is CC(=O)NCCCc1ccc(C(=O)COc2cccc(Cl)c2)cc1. The molecule has 5 heteroatoms. The minimum atomic E-state index is -0.0835. The van der Waals surface area contributed by atoms with Crippen LogP contribution in [-0.2, 0) is 11.2 Å². The van der Waals surface area contributed by atoms with Gasteiger partial charge < -0.3 is 10.1 Å². The van der Waals surface area contributed by atoms with Crippen LogP contribution in [-0.4, -0.2) is 24.8 Å². The van der Waals surface area contributed by atoms with Crippen LogP contribution in [0.15, 0.2) is 48.5 Å². The van der Waals surface area contributed by atoms with Crippen molar-refractivity contribution in [2.45, 2.75) is 19.8 Å². The zero-order valence-electron chi connectivity index (χ0n) is 13.5. The Bertz CT molecular complexity index is 698. The summed E-state index contributed by atoms with van der Waals surface area (Å²) in [6, 6.07) is 14.4. The van der Waals surface area contributed by atoms with Crippen molar-refractivity contribution in [3.8, 4) is 5.75 Å². The Morgan fingerprint density at radius 2 is 1.88 bits per heavy atom. The third-order valence-electron chi connectivity index (χ3n) is 3.46. The van der Waals surface area contributed by atoms with Crippen LogP contribution in [0, 0.1) is 0 Å². The number of ketones is 1. The van der Waals surface area contributed by atoms with Gasteiger partial charge in [-0.15, -0.1) is 0 Å². The minimum absolute atomic E-state index is 0.0179. The van der Waals surface area contributed by atoms with Gasteiger partial charge in [-0.25, -0.2) is 0 Å². The van der Waals surface area contributed by atoms with E-state index in [2.05, 4.69) is 5.32 Å². The highest BCUT2D eigenvalue weighted by Gasteiger charge is 2.07. The second-order valence-electron chi connectivity index (χ2n) is 5.45. The predicted octanol–water partition coefficient (Wildman–Crippen LogP) is 3.67. The van der Waals surface area contributed by atoms with E-state index < -0.39 is 0 Å². The summed E-state index contributed by atoms with van der Waals surface area (Å²) in [7, 11) is 0. The number of carbonyl (C=O) groups excluding carboxylic acids is 2. The van der Waals surface area contributed by atoms with Crippen molar-refractivity contribution < 1.29 is 14.3 Å². The Kier molecular flexibility index (Phi) is 6.82. The second-order valence-corrected chi connectivity index (χ2v) is 5.89. The van der Waals surface area contributed by atoms with Crippen LogP contribution in [0.4, 0.5) is 0 Å². The van der Waals surface area contributed by atoms with Crippen molar-refractivity contribution in [3.63, 3.8) is 0 Å². The number of halogens is 1. The number of amides is 1. The molecular weight excluding hydrogens is 326 g/mol. The highest BCUT2D eigenvalue weighted by molar-refractivity contribution is 6.30. The number of benzene rings is 2. The number of rotatable bonds is 8. The Balaban J connectivity index is 1.81. The van der Waals surface area contributed by atoms with Crippen LogP contribution in [0.3, 0.4) is 0 Å². The molecule has 1 amide bonds. The van der Waals surface area contributed by atoms with Gasteiger partial charge in [0.25, 0.3) is 0 Å². The van der Waals surface area contributed by atoms with Crippen LogP contribution < -0.4 is 10.1 Å². The molecule has 0 aliphatic rings. The molecule has 2 aromatic rings. The van der Waals surface area contributed by atoms with Crippen molar-refractivity contribution in [2.24, 2.45) is 0 Å². The molecule has 0 unspecified atom stereocenters. The van der Waals surface area contributed by atoms with Gasteiger partial charge in [0.15, 0.2) is 12.4 Å². The maximum absolute atomic E-state index is 12.1. The van der Waals surface area contributed by atoms with Crippen molar-refractivity contribution in [1.29, 1.82) is 0 Å². The molecule has 0 spiro atoms. The highest BCUT2D eigenvalue weighted by Crippen LogP contribution is 2.17. The maximum Gasteiger partial charge on any atom is 0.216 e. The predicted molar refractivity (Wildman–Crippen MR) is 94.7 cm³/mol. The van der Waals surface area contributed by atoms with E-state index >= 15 is 0 Å². The monoisotopic (exact) mass is 345 g/mol. The number of carbonyl (C=O) groups is 2. The number of aryl methyl sites for hydroxylation is 1. The normalized spacial score (nSPS) is 10.2. The van der Waals surface area contributed by atoms with E-state index in [-0.39, 0.29) is 18.3 Å². The summed E-state index contributed by atoms with van der Waals surface area (Å²) in [6.07, 6.45) is 1.72. The summed E-state index contributed by atoms with van der Waals surface area (Å²) in [4.78, 5) is 22.9. The largest absolute Gasteiger partial charge is 0.485 e. The van der Waals surface area contributed by atoms with Crippen molar-refractivity contribution in [2.75, 3.05) is 13.2 Å². The van der Waals surface area contributed by atoms with Crippen LogP contribution >= 0.6 is 11.6 Å². The number of hydrogen-bond acceptors (Lipinski definition) is 3. The first-order valence-electron chi connectivity index (χ1n) is 7.79. The Morgan fingerprint density at radius 1 is 1.12 bits per heavy atom. The number of Topliss-reactive ketones (excluding diaryl/α,β-unsaturated/α-hetero) is 1. The lowest BCUT2D eigenvalue weighted by atomic mass is 10.1. The Morgan fingerprint density at radius 3 is 2.54 bits per heavy atom. The minimum Gasteiger partial charge on any atom is -0.485 e. The lowest BCUT2D eigenvalue weighted by Crippen LogP contribution is -2.21. The van der Waals surface area contributed by atoms with Gasteiger partial charge in [0, 0.05) is 24.1 Å². The summed E-state index contributed by atoms with van der Waals surface area (Å²) in [5.41, 5.74) is 1.75. The standard InChI is InChI=1S/C19H20ClNO3/c1-14(22)21-11-3-4-15-7-9-16(10-8-15)19(23)13-24-18-6-2-5-17(20)12-18/h2,5-10,12H,3-4,11,13H2,1H3,(H,21,22). The lowest BCUT2D eigenvalue weighted by Gasteiger charge is -2.07. The molecule has 0 saturated heterocycles. The zero-order chi connectivity index (χ0) is 17.4. The highest BCUT2D eigenvalue weighted by atomic mass is 35.5. The summed E-state index contributed by atoms with van der Waals surface area (Å²) in [6.45, 7) is 2.14. The fraction of sp³-hybridized carbons (Fsp3) is 0.263. The zero-order valence-corrected chi connectivity index (χ0v) is 14.3. The van der Waals surface area contributed by atoms with E-state index in [1.807, 2.05) is 12.1 Å². The Labute approximate surface area is 146 Å².